The Balaban J connectivity index is 2.04. The molecule has 0 saturated heterocycles. The first-order chi connectivity index (χ1) is 22.3. The maximum absolute atomic E-state index is 12.1. The standard InChI is InChI=1S/C38H70O8/c1-3-5-7-8-9-10-11-12-13-14-15-20-24-37(43)45-29-32(40)30-46-38(44)25-21-17-16-19-23-33-34(36(42)28-35(33)41)27-26-31(39)22-18-6-4-2/h26-27,31-36,39-42H,3-25,28-30H2,1-2H3/b27-26+/t31-,32+,33+,34+,35-,36+/m0/s1. The molecule has 0 radical (unpaired) electrons. The van der Waals surface area contributed by atoms with Crippen LogP contribution in [0.5, 0.6) is 0 Å². The highest BCUT2D eigenvalue weighted by atomic mass is 16.6. The smallest absolute Gasteiger partial charge is 0.305 e. The van der Waals surface area contributed by atoms with Crippen molar-refractivity contribution >= 4 is 11.9 Å². The molecule has 1 fully saturated rings. The second-order valence-corrected chi connectivity index (χ2v) is 13.7. The van der Waals surface area contributed by atoms with Gasteiger partial charge in [0.1, 0.15) is 19.3 Å². The summed E-state index contributed by atoms with van der Waals surface area (Å²) in [5, 5.41) is 41.1. The molecule has 270 valence electrons. The van der Waals surface area contributed by atoms with E-state index in [1.807, 2.05) is 6.08 Å². The molecule has 0 amide bonds. The van der Waals surface area contributed by atoms with Crippen molar-refractivity contribution in [3.05, 3.63) is 12.2 Å². The summed E-state index contributed by atoms with van der Waals surface area (Å²) in [7, 11) is 0. The van der Waals surface area contributed by atoms with Gasteiger partial charge in [-0.2, -0.15) is 0 Å². The van der Waals surface area contributed by atoms with Crippen molar-refractivity contribution in [2.24, 2.45) is 11.8 Å². The molecule has 0 aromatic rings. The quantitative estimate of drug-likeness (QED) is 0.0352. The number of aliphatic hydroxyl groups excluding tert-OH is 4. The zero-order chi connectivity index (χ0) is 33.8. The lowest BCUT2D eigenvalue weighted by atomic mass is 9.88. The second kappa shape index (κ2) is 28.5. The van der Waals surface area contributed by atoms with Gasteiger partial charge in [-0.1, -0.05) is 135 Å². The molecule has 1 saturated carbocycles. The van der Waals surface area contributed by atoms with E-state index in [9.17, 15) is 30.0 Å². The largest absolute Gasteiger partial charge is 0.463 e. The summed E-state index contributed by atoms with van der Waals surface area (Å²) in [5.74, 6) is -0.872. The Labute approximate surface area is 280 Å². The van der Waals surface area contributed by atoms with Crippen LogP contribution in [-0.2, 0) is 19.1 Å². The van der Waals surface area contributed by atoms with Crippen LogP contribution in [0.25, 0.3) is 0 Å². The normalized spacial score (nSPS) is 21.1. The number of ether oxygens (including phenoxy) is 2. The number of carbonyl (C=O) groups is 2. The lowest BCUT2D eigenvalue weighted by molar-refractivity contribution is -0.152. The van der Waals surface area contributed by atoms with E-state index in [0.29, 0.717) is 19.3 Å². The van der Waals surface area contributed by atoms with Gasteiger partial charge in [0, 0.05) is 25.2 Å². The summed E-state index contributed by atoms with van der Waals surface area (Å²) in [5.41, 5.74) is 0. The highest BCUT2D eigenvalue weighted by Crippen LogP contribution is 2.37. The fourth-order valence-electron chi connectivity index (χ4n) is 6.42. The first-order valence-corrected chi connectivity index (χ1v) is 19.0. The molecule has 46 heavy (non-hydrogen) atoms. The Kier molecular flexibility index (Phi) is 26.4. The summed E-state index contributed by atoms with van der Waals surface area (Å²) in [4.78, 5) is 24.0. The average molecular weight is 655 g/mol. The van der Waals surface area contributed by atoms with Crippen LogP contribution in [0.2, 0.25) is 0 Å². The second-order valence-electron chi connectivity index (χ2n) is 13.7. The third-order valence-electron chi connectivity index (χ3n) is 9.35. The van der Waals surface area contributed by atoms with Gasteiger partial charge in [-0.05, 0) is 31.6 Å². The monoisotopic (exact) mass is 655 g/mol. The van der Waals surface area contributed by atoms with Gasteiger partial charge in [0.25, 0.3) is 0 Å². The van der Waals surface area contributed by atoms with Crippen molar-refractivity contribution in [3.8, 4) is 0 Å². The predicted octanol–water partition coefficient (Wildman–Crippen LogP) is 7.72. The van der Waals surface area contributed by atoms with E-state index in [1.165, 1.54) is 57.8 Å². The molecule has 0 bridgehead atoms. The maximum Gasteiger partial charge on any atom is 0.305 e. The molecule has 6 atom stereocenters. The predicted molar refractivity (Wildman–Crippen MR) is 184 cm³/mol. The molecule has 0 unspecified atom stereocenters. The molecule has 0 spiro atoms. The first-order valence-electron chi connectivity index (χ1n) is 19.0. The highest BCUT2D eigenvalue weighted by molar-refractivity contribution is 5.69. The Morgan fingerprint density at radius 3 is 1.63 bits per heavy atom. The van der Waals surface area contributed by atoms with Gasteiger partial charge in [0.2, 0.25) is 0 Å². The first kappa shape index (κ1) is 42.5. The number of hydrogen-bond donors (Lipinski definition) is 4. The fourth-order valence-corrected chi connectivity index (χ4v) is 6.42. The molecule has 0 aromatic carbocycles. The van der Waals surface area contributed by atoms with E-state index < -0.39 is 24.4 Å². The van der Waals surface area contributed by atoms with Crippen LogP contribution in [0.3, 0.4) is 0 Å². The summed E-state index contributed by atoms with van der Waals surface area (Å²) >= 11 is 0. The zero-order valence-electron chi connectivity index (χ0n) is 29.4. The van der Waals surface area contributed by atoms with Crippen LogP contribution < -0.4 is 0 Å². The van der Waals surface area contributed by atoms with Gasteiger partial charge in [0.05, 0.1) is 18.3 Å². The summed E-state index contributed by atoms with van der Waals surface area (Å²) in [6.07, 6.45) is 24.8. The van der Waals surface area contributed by atoms with E-state index in [4.69, 9.17) is 9.47 Å². The topological polar surface area (TPSA) is 134 Å². The molecule has 1 rings (SSSR count). The van der Waals surface area contributed by atoms with Crippen molar-refractivity contribution in [1.29, 1.82) is 0 Å². The number of aliphatic hydroxyl groups is 4. The van der Waals surface area contributed by atoms with Gasteiger partial charge in [0.15, 0.2) is 0 Å². The number of esters is 2. The number of rotatable bonds is 30. The Morgan fingerprint density at radius 1 is 0.652 bits per heavy atom. The van der Waals surface area contributed by atoms with E-state index in [0.717, 1.165) is 70.6 Å². The van der Waals surface area contributed by atoms with Gasteiger partial charge < -0.3 is 29.9 Å². The minimum atomic E-state index is -1.03. The van der Waals surface area contributed by atoms with Crippen molar-refractivity contribution in [2.45, 2.75) is 192 Å². The number of hydrogen-bond acceptors (Lipinski definition) is 8. The van der Waals surface area contributed by atoms with Crippen LogP contribution in [0.1, 0.15) is 168 Å². The molecule has 0 aromatic heterocycles. The molecule has 1 aliphatic carbocycles. The summed E-state index contributed by atoms with van der Waals surface area (Å²) in [6, 6.07) is 0. The third kappa shape index (κ3) is 22.2. The van der Waals surface area contributed by atoms with Crippen molar-refractivity contribution in [2.75, 3.05) is 13.2 Å². The molecule has 4 N–H and O–H groups in total. The van der Waals surface area contributed by atoms with E-state index in [1.54, 1.807) is 6.08 Å². The lowest BCUT2D eigenvalue weighted by Gasteiger charge is -2.21. The minimum absolute atomic E-state index is 0.0285. The van der Waals surface area contributed by atoms with Gasteiger partial charge in [-0.15, -0.1) is 0 Å². The molecule has 0 aliphatic heterocycles. The molecular weight excluding hydrogens is 584 g/mol. The summed E-state index contributed by atoms with van der Waals surface area (Å²) in [6.45, 7) is 4.02. The maximum atomic E-state index is 12.1. The minimum Gasteiger partial charge on any atom is -0.463 e. The lowest BCUT2D eigenvalue weighted by Crippen LogP contribution is -2.25. The zero-order valence-corrected chi connectivity index (χ0v) is 29.4. The molecule has 0 heterocycles. The van der Waals surface area contributed by atoms with Crippen molar-refractivity contribution < 1.29 is 39.5 Å². The van der Waals surface area contributed by atoms with Crippen molar-refractivity contribution in [3.63, 3.8) is 0 Å². The Morgan fingerprint density at radius 2 is 1.11 bits per heavy atom. The number of carbonyl (C=O) groups excluding carboxylic acids is 2. The summed E-state index contributed by atoms with van der Waals surface area (Å²) < 4.78 is 10.3. The fraction of sp³-hybridized carbons (Fsp3) is 0.895. The van der Waals surface area contributed by atoms with Gasteiger partial charge in [-0.3, -0.25) is 9.59 Å². The average Bonchev–Trinajstić information content (AvgIpc) is 3.31. The number of unbranched alkanes of at least 4 members (excludes halogenated alkanes) is 16. The van der Waals surface area contributed by atoms with Crippen LogP contribution in [0.15, 0.2) is 12.2 Å². The SMILES string of the molecule is CCCCCCCCCCCCCCC(=O)OC[C@@H](O)COC(=O)CCCCCC[C@@H]1[C@@H](/C=C/[C@@H](O)CCCCC)[C@H](O)C[C@@H]1O. The van der Waals surface area contributed by atoms with Crippen LogP contribution in [-0.4, -0.2) is 70.0 Å². The molecule has 8 heteroatoms. The van der Waals surface area contributed by atoms with Gasteiger partial charge in [-0.25, -0.2) is 0 Å². The Bertz CT molecular complexity index is 772. The third-order valence-corrected chi connectivity index (χ3v) is 9.35. The van der Waals surface area contributed by atoms with Crippen molar-refractivity contribution in [1.82, 2.24) is 0 Å². The van der Waals surface area contributed by atoms with E-state index in [2.05, 4.69) is 13.8 Å². The molecule has 8 nitrogen and oxygen atoms in total. The van der Waals surface area contributed by atoms with Crippen LogP contribution in [0.4, 0.5) is 0 Å². The van der Waals surface area contributed by atoms with E-state index in [-0.39, 0.29) is 43.4 Å². The van der Waals surface area contributed by atoms with Gasteiger partial charge >= 0.3 is 11.9 Å². The molecule has 1 aliphatic rings. The highest BCUT2D eigenvalue weighted by Gasteiger charge is 2.39. The van der Waals surface area contributed by atoms with Crippen LogP contribution >= 0.6 is 0 Å². The Hall–Kier alpha value is -1.48. The molecular formula is C38H70O8. The van der Waals surface area contributed by atoms with Crippen LogP contribution in [0, 0.1) is 11.8 Å². The van der Waals surface area contributed by atoms with E-state index >= 15 is 0 Å².